The number of hydrogen-bond donors (Lipinski definition) is 1. The molecule has 0 spiro atoms. The molecule has 18 heavy (non-hydrogen) atoms. The lowest BCUT2D eigenvalue weighted by molar-refractivity contribution is 0.882. The Hall–Kier alpha value is -1.19. The second-order valence-electron chi connectivity index (χ2n) is 4.15. The third-order valence-corrected chi connectivity index (χ3v) is 3.15. The number of thiocarbonyl (C=S) groups is 1. The fraction of sp³-hybridized carbons (Fsp3) is 0.200. The number of benzene rings is 1. The smallest absolute Gasteiger partial charge is 0.0932 e. The summed E-state index contributed by atoms with van der Waals surface area (Å²) in [6.45, 7) is 2.15. The second-order valence-corrected chi connectivity index (χ2v) is 5.31. The molecule has 1 nitrogen and oxygen atoms in total. The van der Waals surface area contributed by atoms with Gasteiger partial charge in [0.1, 0.15) is 0 Å². The highest BCUT2D eigenvalue weighted by molar-refractivity contribution is 8.11. The van der Waals surface area contributed by atoms with Crippen LogP contribution in [0.1, 0.15) is 24.7 Å². The van der Waals surface area contributed by atoms with Crippen molar-refractivity contribution in [3.63, 3.8) is 0 Å². The summed E-state index contributed by atoms with van der Waals surface area (Å²) in [6.07, 6.45) is 2.04. The van der Waals surface area contributed by atoms with Crippen LogP contribution in [0.25, 0.3) is 11.1 Å². The average molecular weight is 273 g/mol. The molecular weight excluding hydrogens is 258 g/mol. The lowest BCUT2D eigenvalue weighted by atomic mass is 10.0. The molecule has 1 aromatic heterocycles. The molecule has 0 N–H and O–H groups in total. The summed E-state index contributed by atoms with van der Waals surface area (Å²) in [5.41, 5.74) is 4.20. The number of aryl methyl sites for hydroxylation is 1. The number of thiol groups is 1. The number of nitrogens with zero attached hydrogens (tertiary/aromatic N) is 1. The van der Waals surface area contributed by atoms with Crippen molar-refractivity contribution in [3.8, 4) is 11.1 Å². The fourth-order valence-corrected chi connectivity index (χ4v) is 2.10. The minimum Gasteiger partial charge on any atom is -0.251 e. The Morgan fingerprint density at radius 3 is 2.50 bits per heavy atom. The van der Waals surface area contributed by atoms with Gasteiger partial charge in [0.15, 0.2) is 0 Å². The van der Waals surface area contributed by atoms with E-state index in [1.807, 2.05) is 24.3 Å². The molecule has 92 valence electrons. The van der Waals surface area contributed by atoms with Gasteiger partial charge in [-0.05, 0) is 29.7 Å². The molecule has 2 rings (SSSR count). The Morgan fingerprint density at radius 1 is 1.17 bits per heavy atom. The van der Waals surface area contributed by atoms with Crippen LogP contribution in [-0.4, -0.2) is 9.18 Å². The first-order chi connectivity index (χ1) is 8.70. The van der Waals surface area contributed by atoms with E-state index in [0.717, 1.165) is 29.8 Å². The van der Waals surface area contributed by atoms with Gasteiger partial charge in [0.05, 0.1) is 9.89 Å². The van der Waals surface area contributed by atoms with E-state index >= 15 is 0 Å². The van der Waals surface area contributed by atoms with Crippen LogP contribution in [0.5, 0.6) is 0 Å². The van der Waals surface area contributed by atoms with E-state index in [1.165, 1.54) is 5.56 Å². The van der Waals surface area contributed by atoms with E-state index in [2.05, 4.69) is 42.7 Å². The Kier molecular flexibility index (Phi) is 4.50. The van der Waals surface area contributed by atoms with Crippen molar-refractivity contribution < 1.29 is 0 Å². The summed E-state index contributed by atoms with van der Waals surface area (Å²) in [5, 5.41) is 0. The van der Waals surface area contributed by atoms with Crippen LogP contribution in [-0.2, 0) is 6.42 Å². The minimum atomic E-state index is 0.546. The zero-order valence-electron chi connectivity index (χ0n) is 10.3. The Morgan fingerprint density at radius 2 is 1.89 bits per heavy atom. The third-order valence-electron chi connectivity index (χ3n) is 2.71. The maximum Gasteiger partial charge on any atom is 0.0932 e. The molecule has 0 aliphatic rings. The van der Waals surface area contributed by atoms with Gasteiger partial charge in [-0.3, -0.25) is 4.98 Å². The normalized spacial score (nSPS) is 10.3. The molecule has 0 amide bonds. The van der Waals surface area contributed by atoms with Gasteiger partial charge in [-0.2, -0.15) is 0 Å². The molecule has 0 unspecified atom stereocenters. The van der Waals surface area contributed by atoms with Crippen LogP contribution in [0.4, 0.5) is 0 Å². The van der Waals surface area contributed by atoms with Crippen molar-refractivity contribution in [1.82, 2.24) is 4.98 Å². The van der Waals surface area contributed by atoms with Crippen molar-refractivity contribution in [2.24, 2.45) is 0 Å². The van der Waals surface area contributed by atoms with E-state index in [9.17, 15) is 0 Å². The van der Waals surface area contributed by atoms with Gasteiger partial charge in [-0.15, -0.1) is 12.6 Å². The molecule has 1 aromatic carbocycles. The minimum absolute atomic E-state index is 0.546. The zero-order chi connectivity index (χ0) is 13.0. The largest absolute Gasteiger partial charge is 0.251 e. The standard InChI is InChI=1S/C15H15NS2/c1-2-6-13-9-12(10-14(16-13)15(17)18)11-7-4-3-5-8-11/h3-5,7-10H,2,6H2,1H3,(H,17,18). The van der Waals surface area contributed by atoms with E-state index in [-0.39, 0.29) is 0 Å². The number of pyridine rings is 1. The highest BCUT2D eigenvalue weighted by atomic mass is 32.1. The highest BCUT2D eigenvalue weighted by Crippen LogP contribution is 2.22. The molecule has 0 bridgehead atoms. The maximum atomic E-state index is 5.12. The van der Waals surface area contributed by atoms with Crippen LogP contribution >= 0.6 is 24.8 Å². The summed E-state index contributed by atoms with van der Waals surface area (Å²) in [7, 11) is 0. The molecule has 1 heterocycles. The molecular formula is C15H15NS2. The number of hydrogen-bond acceptors (Lipinski definition) is 2. The number of rotatable bonds is 4. The predicted octanol–water partition coefficient (Wildman–Crippen LogP) is 4.31. The van der Waals surface area contributed by atoms with Crippen molar-refractivity contribution >= 4 is 29.0 Å². The van der Waals surface area contributed by atoms with Crippen LogP contribution in [0.2, 0.25) is 0 Å². The van der Waals surface area contributed by atoms with Crippen molar-refractivity contribution in [2.45, 2.75) is 19.8 Å². The first-order valence-corrected chi connectivity index (χ1v) is 6.86. The van der Waals surface area contributed by atoms with Gasteiger partial charge in [-0.25, -0.2) is 0 Å². The van der Waals surface area contributed by atoms with Crippen molar-refractivity contribution in [3.05, 3.63) is 53.9 Å². The van der Waals surface area contributed by atoms with Gasteiger partial charge in [0, 0.05) is 5.69 Å². The average Bonchev–Trinajstić information content (AvgIpc) is 2.40. The molecule has 0 saturated carbocycles. The molecule has 0 aliphatic carbocycles. The topological polar surface area (TPSA) is 12.9 Å². The van der Waals surface area contributed by atoms with Gasteiger partial charge >= 0.3 is 0 Å². The molecule has 3 heteroatoms. The van der Waals surface area contributed by atoms with Crippen LogP contribution in [0.3, 0.4) is 0 Å². The first kappa shape index (κ1) is 13.2. The second kappa shape index (κ2) is 6.12. The molecule has 0 fully saturated rings. The lowest BCUT2D eigenvalue weighted by Crippen LogP contribution is -1.99. The fourth-order valence-electron chi connectivity index (χ4n) is 1.88. The first-order valence-electron chi connectivity index (χ1n) is 6.00. The molecule has 0 radical (unpaired) electrons. The van der Waals surface area contributed by atoms with Crippen molar-refractivity contribution in [2.75, 3.05) is 0 Å². The lowest BCUT2D eigenvalue weighted by Gasteiger charge is -2.07. The summed E-state index contributed by atoms with van der Waals surface area (Å²) in [6, 6.07) is 14.4. The van der Waals surface area contributed by atoms with Crippen LogP contribution in [0.15, 0.2) is 42.5 Å². The summed E-state index contributed by atoms with van der Waals surface area (Å²) in [5.74, 6) is 0. The SMILES string of the molecule is CCCc1cc(-c2ccccc2)cc(C(=S)S)n1. The summed E-state index contributed by atoms with van der Waals surface area (Å²) in [4.78, 5) is 4.53. The monoisotopic (exact) mass is 273 g/mol. The van der Waals surface area contributed by atoms with E-state index < -0.39 is 0 Å². The summed E-state index contributed by atoms with van der Waals surface area (Å²) >= 11 is 9.35. The summed E-state index contributed by atoms with van der Waals surface area (Å²) < 4.78 is 0.546. The highest BCUT2D eigenvalue weighted by Gasteiger charge is 2.06. The Balaban J connectivity index is 2.50. The molecule has 0 saturated heterocycles. The Bertz CT molecular complexity index is 550. The molecule has 0 aliphatic heterocycles. The quantitative estimate of drug-likeness (QED) is 0.658. The van der Waals surface area contributed by atoms with E-state index in [4.69, 9.17) is 12.2 Å². The molecule has 0 atom stereocenters. The van der Waals surface area contributed by atoms with Gasteiger partial charge in [0.2, 0.25) is 0 Å². The van der Waals surface area contributed by atoms with Crippen molar-refractivity contribution in [1.29, 1.82) is 0 Å². The van der Waals surface area contributed by atoms with Gasteiger partial charge in [0.25, 0.3) is 0 Å². The zero-order valence-corrected chi connectivity index (χ0v) is 12.0. The third kappa shape index (κ3) is 3.18. The van der Waals surface area contributed by atoms with Crippen LogP contribution < -0.4 is 0 Å². The van der Waals surface area contributed by atoms with Crippen LogP contribution in [0, 0.1) is 0 Å². The number of aromatic nitrogens is 1. The Labute approximate surface area is 119 Å². The van der Waals surface area contributed by atoms with E-state index in [0.29, 0.717) is 4.20 Å². The van der Waals surface area contributed by atoms with Gasteiger partial charge < -0.3 is 0 Å². The molecule has 2 aromatic rings. The van der Waals surface area contributed by atoms with Gasteiger partial charge in [-0.1, -0.05) is 55.9 Å². The predicted molar refractivity (Wildman–Crippen MR) is 84.4 cm³/mol. The maximum absolute atomic E-state index is 5.12. The van der Waals surface area contributed by atoms with E-state index in [1.54, 1.807) is 0 Å².